The fourth-order valence-electron chi connectivity index (χ4n) is 4.20. The number of ether oxygens (including phenoxy) is 1. The molecule has 0 fully saturated rings. The van der Waals surface area contributed by atoms with Gasteiger partial charge < -0.3 is 15.0 Å². The zero-order valence-electron chi connectivity index (χ0n) is 22.8. The van der Waals surface area contributed by atoms with Crippen molar-refractivity contribution in [2.75, 3.05) is 19.5 Å². The lowest BCUT2D eigenvalue weighted by Gasteiger charge is -2.27. The van der Waals surface area contributed by atoms with Crippen LogP contribution in [-0.4, -0.2) is 43.1 Å². The van der Waals surface area contributed by atoms with Gasteiger partial charge in [0.1, 0.15) is 18.1 Å². The summed E-state index contributed by atoms with van der Waals surface area (Å²) in [6.45, 7) is 3.39. The molecule has 40 heavy (non-hydrogen) atoms. The topological polar surface area (TPSA) is 99.5 Å². The molecule has 1 N–H and O–H groups in total. The number of nitrogens with one attached hydrogen (secondary N) is 1. The van der Waals surface area contributed by atoms with Gasteiger partial charge in [0, 0.05) is 41.5 Å². The van der Waals surface area contributed by atoms with Crippen molar-refractivity contribution in [2.45, 2.75) is 26.3 Å². The molecule has 0 saturated carbocycles. The van der Waals surface area contributed by atoms with Crippen molar-refractivity contribution < 1.29 is 19.1 Å². The molecule has 3 aromatic rings. The number of aldehydes is 1. The molecule has 0 heterocycles. The van der Waals surface area contributed by atoms with Gasteiger partial charge in [0.05, 0.1) is 18.7 Å². The number of nitriles is 1. The molecule has 8 heteroatoms. The number of Topliss-reactive ketones (excluding diaryl/α,β-unsaturated/α-hetero) is 1. The maximum absolute atomic E-state index is 13.6. The van der Waals surface area contributed by atoms with E-state index in [9.17, 15) is 19.6 Å². The third-order valence-electron chi connectivity index (χ3n) is 6.29. The summed E-state index contributed by atoms with van der Waals surface area (Å²) in [6.07, 6.45) is 3.77. The number of halogens is 1. The molecule has 1 amide bonds. The summed E-state index contributed by atoms with van der Waals surface area (Å²) in [6, 6.07) is 20.7. The number of amides is 1. The van der Waals surface area contributed by atoms with Crippen LogP contribution in [0, 0.1) is 18.3 Å². The highest BCUT2D eigenvalue weighted by molar-refractivity contribution is 6.31. The van der Waals surface area contributed by atoms with Gasteiger partial charge in [0.25, 0.3) is 0 Å². The van der Waals surface area contributed by atoms with Crippen LogP contribution in [-0.2, 0) is 20.7 Å². The number of methoxy groups -OCH3 is 1. The predicted octanol–water partition coefficient (Wildman–Crippen LogP) is 5.97. The van der Waals surface area contributed by atoms with E-state index in [0.29, 0.717) is 39.3 Å². The Labute approximate surface area is 239 Å². The Kier molecular flexibility index (Phi) is 10.4. The first kappa shape index (κ1) is 29.9. The van der Waals surface area contributed by atoms with Crippen molar-refractivity contribution in [3.63, 3.8) is 0 Å². The van der Waals surface area contributed by atoms with Crippen LogP contribution in [0.25, 0.3) is 5.57 Å². The molecule has 0 aliphatic carbocycles. The SMILES string of the molecule is COC(=C/N(C)C(Cc1cccc(C#N)c1)C(=O)Nc1ccc(C)cc1)/C(=C\C=O)c1cc(Cl)ccc1C(C)=O. The lowest BCUT2D eigenvalue weighted by atomic mass is 9.95. The smallest absolute Gasteiger partial charge is 0.247 e. The van der Waals surface area contributed by atoms with E-state index in [0.717, 1.165) is 11.1 Å². The van der Waals surface area contributed by atoms with E-state index in [-0.39, 0.29) is 23.9 Å². The standard InChI is InChI=1S/C32H30ClN3O4/c1-21-8-11-26(12-9-21)35-32(39)30(17-23-6-5-7-24(16-23)19-34)36(3)20-31(40-4)28(14-15-37)29-18-25(33)10-13-27(29)22(2)38/h5-16,18,20,30H,17H2,1-4H3,(H,35,39)/b28-14-,31-20+. The molecule has 3 rings (SSSR count). The predicted molar refractivity (Wildman–Crippen MR) is 157 cm³/mol. The Morgan fingerprint density at radius 2 is 1.82 bits per heavy atom. The maximum atomic E-state index is 13.6. The zero-order chi connectivity index (χ0) is 29.2. The normalized spacial score (nSPS) is 12.2. The van der Waals surface area contributed by atoms with Gasteiger partial charge in [-0.25, -0.2) is 0 Å². The molecule has 1 unspecified atom stereocenters. The van der Waals surface area contributed by atoms with Crippen molar-refractivity contribution in [1.82, 2.24) is 4.90 Å². The van der Waals surface area contributed by atoms with Crippen LogP contribution in [0.2, 0.25) is 5.02 Å². The van der Waals surface area contributed by atoms with Crippen molar-refractivity contribution >= 4 is 40.8 Å². The molecule has 0 spiro atoms. The number of allylic oxidation sites excluding steroid dienone is 2. The Bertz CT molecular complexity index is 1500. The summed E-state index contributed by atoms with van der Waals surface area (Å²) in [5, 5.41) is 12.7. The molecule has 0 aliphatic rings. The monoisotopic (exact) mass is 555 g/mol. The third kappa shape index (κ3) is 7.68. The second-order valence-corrected chi connectivity index (χ2v) is 9.65. The minimum Gasteiger partial charge on any atom is -0.495 e. The Morgan fingerprint density at radius 3 is 2.45 bits per heavy atom. The summed E-state index contributed by atoms with van der Waals surface area (Å²) in [7, 11) is 3.16. The number of carbonyl (C=O) groups excluding carboxylic acids is 3. The van der Waals surface area contributed by atoms with Gasteiger partial charge in [0.2, 0.25) is 5.91 Å². The fraction of sp³-hybridized carbons (Fsp3) is 0.188. The summed E-state index contributed by atoms with van der Waals surface area (Å²) in [4.78, 5) is 39.3. The molecule has 0 bridgehead atoms. The van der Waals surface area contributed by atoms with Gasteiger partial charge in [0.15, 0.2) is 5.78 Å². The van der Waals surface area contributed by atoms with Crippen LogP contribution in [0.4, 0.5) is 5.69 Å². The molecule has 0 aliphatic heterocycles. The highest BCUT2D eigenvalue weighted by Gasteiger charge is 2.25. The van der Waals surface area contributed by atoms with E-state index in [2.05, 4.69) is 11.4 Å². The van der Waals surface area contributed by atoms with Crippen LogP contribution in [0.1, 0.15) is 39.5 Å². The minimum atomic E-state index is -0.732. The molecule has 0 aromatic heterocycles. The molecular formula is C32H30ClN3O4. The van der Waals surface area contributed by atoms with E-state index < -0.39 is 6.04 Å². The van der Waals surface area contributed by atoms with E-state index >= 15 is 0 Å². The van der Waals surface area contributed by atoms with Crippen molar-refractivity contribution in [3.8, 4) is 6.07 Å². The number of hydrogen-bond donors (Lipinski definition) is 1. The van der Waals surface area contributed by atoms with Gasteiger partial charge in [-0.2, -0.15) is 5.26 Å². The second kappa shape index (κ2) is 13.9. The van der Waals surface area contributed by atoms with Crippen LogP contribution < -0.4 is 5.32 Å². The van der Waals surface area contributed by atoms with Crippen LogP contribution >= 0.6 is 11.6 Å². The number of hydrogen-bond acceptors (Lipinski definition) is 6. The largest absolute Gasteiger partial charge is 0.495 e. The van der Waals surface area contributed by atoms with Gasteiger partial charge in [-0.05, 0) is 73.5 Å². The highest BCUT2D eigenvalue weighted by atomic mass is 35.5. The van der Waals surface area contributed by atoms with E-state index in [1.54, 1.807) is 54.5 Å². The molecular weight excluding hydrogens is 526 g/mol. The van der Waals surface area contributed by atoms with Crippen molar-refractivity contribution in [1.29, 1.82) is 5.26 Å². The van der Waals surface area contributed by atoms with E-state index in [1.165, 1.54) is 20.1 Å². The number of aryl methyl sites for hydroxylation is 1. The quantitative estimate of drug-likeness (QED) is 0.103. The summed E-state index contributed by atoms with van der Waals surface area (Å²) in [5.74, 6) is -0.244. The van der Waals surface area contributed by atoms with Crippen LogP contribution in [0.5, 0.6) is 0 Å². The average Bonchev–Trinajstić information content (AvgIpc) is 2.94. The second-order valence-electron chi connectivity index (χ2n) is 9.21. The third-order valence-corrected chi connectivity index (χ3v) is 6.53. The summed E-state index contributed by atoms with van der Waals surface area (Å²) >= 11 is 6.24. The first-order valence-electron chi connectivity index (χ1n) is 12.5. The molecule has 204 valence electrons. The van der Waals surface area contributed by atoms with Crippen LogP contribution in [0.15, 0.2) is 84.8 Å². The zero-order valence-corrected chi connectivity index (χ0v) is 23.5. The lowest BCUT2D eigenvalue weighted by Crippen LogP contribution is -2.41. The first-order chi connectivity index (χ1) is 19.2. The van der Waals surface area contributed by atoms with Crippen molar-refractivity contribution in [2.24, 2.45) is 0 Å². The highest BCUT2D eigenvalue weighted by Crippen LogP contribution is 2.30. The van der Waals surface area contributed by atoms with Crippen molar-refractivity contribution in [3.05, 3.63) is 118 Å². The van der Waals surface area contributed by atoms with E-state index in [4.69, 9.17) is 16.3 Å². The number of likely N-dealkylation sites (N-methyl/N-ethyl adjacent to an activating group) is 1. The minimum absolute atomic E-state index is 0.208. The van der Waals surface area contributed by atoms with Gasteiger partial charge in [-0.15, -0.1) is 0 Å². The number of rotatable bonds is 11. The number of nitrogens with zero attached hydrogens (tertiary/aromatic N) is 2. The number of anilines is 1. The van der Waals surface area contributed by atoms with Gasteiger partial charge in [-0.3, -0.25) is 14.4 Å². The molecule has 0 saturated heterocycles. The van der Waals surface area contributed by atoms with Crippen LogP contribution in [0.3, 0.4) is 0 Å². The fourth-order valence-corrected chi connectivity index (χ4v) is 4.37. The summed E-state index contributed by atoms with van der Waals surface area (Å²) in [5.41, 5.74) is 4.11. The average molecular weight is 556 g/mol. The Balaban J connectivity index is 2.06. The molecule has 7 nitrogen and oxygen atoms in total. The Morgan fingerprint density at radius 1 is 1.10 bits per heavy atom. The number of benzene rings is 3. The lowest BCUT2D eigenvalue weighted by molar-refractivity contribution is -0.120. The van der Waals surface area contributed by atoms with Gasteiger partial charge >= 0.3 is 0 Å². The molecule has 3 aromatic carbocycles. The first-order valence-corrected chi connectivity index (χ1v) is 12.9. The number of ketones is 1. The number of carbonyl (C=O) groups is 3. The molecule has 1 atom stereocenters. The molecule has 0 radical (unpaired) electrons. The maximum Gasteiger partial charge on any atom is 0.247 e. The Hall–Kier alpha value is -4.67. The van der Waals surface area contributed by atoms with E-state index in [1.807, 2.05) is 37.3 Å². The summed E-state index contributed by atoms with van der Waals surface area (Å²) < 4.78 is 5.68. The van der Waals surface area contributed by atoms with Gasteiger partial charge in [-0.1, -0.05) is 41.4 Å².